The van der Waals surface area contributed by atoms with E-state index in [2.05, 4.69) is 51.6 Å². The molecule has 108 valence electrons. The summed E-state index contributed by atoms with van der Waals surface area (Å²) in [7, 11) is 0. The van der Waals surface area contributed by atoms with Gasteiger partial charge in [-0.1, -0.05) is 36.4 Å². The van der Waals surface area contributed by atoms with Gasteiger partial charge in [0.2, 0.25) is 0 Å². The second-order valence-corrected chi connectivity index (χ2v) is 6.52. The molecule has 3 heterocycles. The van der Waals surface area contributed by atoms with Gasteiger partial charge in [0.15, 0.2) is 0 Å². The van der Waals surface area contributed by atoms with Crippen molar-refractivity contribution in [1.82, 2.24) is 15.2 Å². The Labute approximate surface area is 136 Å². The minimum absolute atomic E-state index is 0.892. The Bertz CT molecular complexity index is 1170. The smallest absolute Gasteiger partial charge is 0.102 e. The number of hydrogen-bond donors (Lipinski definition) is 0. The molecule has 0 saturated carbocycles. The molecule has 0 aliphatic carbocycles. The number of hydrogen-bond acceptors (Lipinski definition) is 4. The SMILES string of the molecule is c1cc(-c2cc3sc4ccccc4c3cn2)c2nnccc2c1. The molecule has 0 unspecified atom stereocenters. The van der Waals surface area contributed by atoms with Gasteiger partial charge in [-0.2, -0.15) is 5.10 Å². The van der Waals surface area contributed by atoms with Crippen LogP contribution in [0.5, 0.6) is 0 Å². The molecule has 0 atom stereocenters. The third kappa shape index (κ3) is 1.92. The minimum atomic E-state index is 0.892. The average molecular weight is 313 g/mol. The van der Waals surface area contributed by atoms with Crippen LogP contribution in [-0.4, -0.2) is 15.2 Å². The molecule has 0 amide bonds. The van der Waals surface area contributed by atoms with E-state index in [0.717, 1.165) is 22.2 Å². The first-order valence-electron chi connectivity index (χ1n) is 7.38. The summed E-state index contributed by atoms with van der Waals surface area (Å²) < 4.78 is 2.54. The van der Waals surface area contributed by atoms with Crippen LogP contribution in [0.2, 0.25) is 0 Å². The van der Waals surface area contributed by atoms with E-state index in [9.17, 15) is 0 Å². The van der Waals surface area contributed by atoms with Crippen molar-refractivity contribution in [2.75, 3.05) is 0 Å². The number of benzene rings is 2. The van der Waals surface area contributed by atoms with E-state index >= 15 is 0 Å². The van der Waals surface area contributed by atoms with E-state index in [1.54, 1.807) is 17.5 Å². The molecule has 3 aromatic heterocycles. The quantitative estimate of drug-likeness (QED) is 0.434. The van der Waals surface area contributed by atoms with Crippen LogP contribution in [0.1, 0.15) is 0 Å². The highest BCUT2D eigenvalue weighted by atomic mass is 32.1. The molecule has 0 saturated heterocycles. The predicted octanol–water partition coefficient (Wildman–Crippen LogP) is 5.06. The van der Waals surface area contributed by atoms with Crippen molar-refractivity contribution in [2.24, 2.45) is 0 Å². The Morgan fingerprint density at radius 3 is 2.78 bits per heavy atom. The van der Waals surface area contributed by atoms with Crippen LogP contribution in [-0.2, 0) is 0 Å². The van der Waals surface area contributed by atoms with Gasteiger partial charge < -0.3 is 0 Å². The normalized spacial score (nSPS) is 11.5. The largest absolute Gasteiger partial charge is 0.255 e. The van der Waals surface area contributed by atoms with Gasteiger partial charge >= 0.3 is 0 Å². The summed E-state index contributed by atoms with van der Waals surface area (Å²) in [6, 6.07) is 18.7. The van der Waals surface area contributed by atoms with Gasteiger partial charge in [0, 0.05) is 37.3 Å². The van der Waals surface area contributed by atoms with Gasteiger partial charge in [-0.3, -0.25) is 4.98 Å². The van der Waals surface area contributed by atoms with Gasteiger partial charge in [0.25, 0.3) is 0 Å². The van der Waals surface area contributed by atoms with Crippen molar-refractivity contribution in [3.8, 4) is 11.3 Å². The molecule has 3 nitrogen and oxygen atoms in total. The Balaban J connectivity index is 1.81. The van der Waals surface area contributed by atoms with E-state index in [4.69, 9.17) is 0 Å². The maximum atomic E-state index is 4.69. The van der Waals surface area contributed by atoms with Crippen molar-refractivity contribution in [3.63, 3.8) is 0 Å². The standard InChI is InChI=1S/C19H11N3S/c1-2-7-17-13(5-1)15-11-20-16(10-18(15)23-17)14-6-3-4-12-8-9-21-22-19(12)14/h1-11H. The van der Waals surface area contributed by atoms with E-state index in [1.165, 1.54) is 20.2 Å². The lowest BCUT2D eigenvalue weighted by Gasteiger charge is -2.04. The first-order valence-corrected chi connectivity index (χ1v) is 8.20. The summed E-state index contributed by atoms with van der Waals surface area (Å²) in [5.41, 5.74) is 2.85. The summed E-state index contributed by atoms with van der Waals surface area (Å²) in [6.07, 6.45) is 3.69. The maximum absolute atomic E-state index is 4.69. The van der Waals surface area contributed by atoms with Gasteiger partial charge in [-0.25, -0.2) is 0 Å². The molecule has 5 rings (SSSR count). The highest BCUT2D eigenvalue weighted by Crippen LogP contribution is 2.35. The van der Waals surface area contributed by atoms with Crippen LogP contribution >= 0.6 is 11.3 Å². The summed E-state index contributed by atoms with van der Waals surface area (Å²) in [6.45, 7) is 0. The fraction of sp³-hybridized carbons (Fsp3) is 0. The summed E-state index contributed by atoms with van der Waals surface area (Å²) in [5.74, 6) is 0. The van der Waals surface area contributed by atoms with Crippen LogP contribution in [0, 0.1) is 0 Å². The van der Waals surface area contributed by atoms with Gasteiger partial charge in [-0.05, 0) is 18.2 Å². The Kier molecular flexibility index (Phi) is 2.66. The second-order valence-electron chi connectivity index (χ2n) is 5.44. The monoisotopic (exact) mass is 313 g/mol. The topological polar surface area (TPSA) is 38.7 Å². The van der Waals surface area contributed by atoms with Gasteiger partial charge in [-0.15, -0.1) is 16.4 Å². The fourth-order valence-corrected chi connectivity index (χ4v) is 4.10. The summed E-state index contributed by atoms with van der Waals surface area (Å²) >= 11 is 1.80. The van der Waals surface area contributed by atoms with Crippen LogP contribution in [0.15, 0.2) is 67.0 Å². The zero-order chi connectivity index (χ0) is 15.2. The van der Waals surface area contributed by atoms with Crippen LogP contribution in [0.25, 0.3) is 42.3 Å². The van der Waals surface area contributed by atoms with E-state index in [0.29, 0.717) is 0 Å². The summed E-state index contributed by atoms with van der Waals surface area (Å²) in [5, 5.41) is 11.9. The second kappa shape index (κ2) is 4.83. The molecule has 23 heavy (non-hydrogen) atoms. The van der Waals surface area contributed by atoms with Crippen molar-refractivity contribution in [1.29, 1.82) is 0 Å². The van der Waals surface area contributed by atoms with Crippen molar-refractivity contribution >= 4 is 42.4 Å². The molecule has 0 fully saturated rings. The van der Waals surface area contributed by atoms with Gasteiger partial charge in [0.05, 0.1) is 11.9 Å². The molecule has 0 radical (unpaired) electrons. The first-order chi connectivity index (χ1) is 11.4. The number of thiophene rings is 1. The molecule has 0 N–H and O–H groups in total. The number of fused-ring (bicyclic) bond motifs is 4. The van der Waals surface area contributed by atoms with E-state index in [1.807, 2.05) is 24.4 Å². The fourth-order valence-electron chi connectivity index (χ4n) is 2.99. The highest BCUT2D eigenvalue weighted by molar-refractivity contribution is 7.25. The number of pyridine rings is 1. The van der Waals surface area contributed by atoms with Crippen LogP contribution < -0.4 is 0 Å². The molecule has 5 aromatic rings. The van der Waals surface area contributed by atoms with Crippen LogP contribution in [0.3, 0.4) is 0 Å². The van der Waals surface area contributed by atoms with E-state index in [-0.39, 0.29) is 0 Å². The lowest BCUT2D eigenvalue weighted by Crippen LogP contribution is -1.89. The van der Waals surface area contributed by atoms with Crippen LogP contribution in [0.4, 0.5) is 0 Å². The Morgan fingerprint density at radius 2 is 1.78 bits per heavy atom. The van der Waals surface area contributed by atoms with Crippen molar-refractivity contribution in [2.45, 2.75) is 0 Å². The zero-order valence-electron chi connectivity index (χ0n) is 12.1. The first kappa shape index (κ1) is 12.7. The van der Waals surface area contributed by atoms with Gasteiger partial charge in [0.1, 0.15) is 5.52 Å². The van der Waals surface area contributed by atoms with Crippen molar-refractivity contribution < 1.29 is 0 Å². The molecule has 4 heteroatoms. The highest BCUT2D eigenvalue weighted by Gasteiger charge is 2.10. The third-order valence-electron chi connectivity index (χ3n) is 4.08. The summed E-state index contributed by atoms with van der Waals surface area (Å²) in [4.78, 5) is 4.69. The number of nitrogens with zero attached hydrogens (tertiary/aromatic N) is 3. The molecule has 0 spiro atoms. The number of rotatable bonds is 1. The molecule has 2 aromatic carbocycles. The Hall–Kier alpha value is -2.85. The predicted molar refractivity (Wildman–Crippen MR) is 95.7 cm³/mol. The molecular weight excluding hydrogens is 302 g/mol. The lowest BCUT2D eigenvalue weighted by molar-refractivity contribution is 1.08. The molecule has 0 aliphatic heterocycles. The van der Waals surface area contributed by atoms with Crippen molar-refractivity contribution in [3.05, 3.63) is 67.0 Å². The van der Waals surface area contributed by atoms with E-state index < -0.39 is 0 Å². The maximum Gasteiger partial charge on any atom is 0.102 e. The minimum Gasteiger partial charge on any atom is -0.255 e. The lowest BCUT2D eigenvalue weighted by atomic mass is 10.1. The molecule has 0 bridgehead atoms. The Morgan fingerprint density at radius 1 is 0.826 bits per heavy atom. The number of aromatic nitrogens is 3. The third-order valence-corrected chi connectivity index (χ3v) is 5.22. The molecular formula is C19H11N3S. The average Bonchev–Trinajstić information content (AvgIpc) is 2.99. The zero-order valence-corrected chi connectivity index (χ0v) is 12.9. The molecule has 0 aliphatic rings.